The smallest absolute Gasteiger partial charge is 0.0233 e. The average molecular weight is 191 g/mol. The van der Waals surface area contributed by atoms with Crippen LogP contribution in [0.3, 0.4) is 0 Å². The summed E-state index contributed by atoms with van der Waals surface area (Å²) in [7, 11) is 0. The molecule has 1 nitrogen and oxygen atoms in total. The maximum absolute atomic E-state index is 2.55. The van der Waals surface area contributed by atoms with Crippen LogP contribution in [0.5, 0.6) is 0 Å². The second-order valence-corrected chi connectivity index (χ2v) is 4.36. The molecule has 0 N–H and O–H groups in total. The van der Waals surface area contributed by atoms with Crippen molar-refractivity contribution >= 4 is 0 Å². The lowest BCUT2D eigenvalue weighted by atomic mass is 9.91. The van der Waals surface area contributed by atoms with E-state index in [9.17, 15) is 0 Å². The molecule has 1 aliphatic carbocycles. The van der Waals surface area contributed by atoms with Crippen LogP contribution in [0.1, 0.15) is 39.0 Å². The van der Waals surface area contributed by atoms with Crippen LogP contribution in [0, 0.1) is 0 Å². The first kappa shape index (κ1) is 9.97. The molecular weight excluding hydrogens is 170 g/mol. The van der Waals surface area contributed by atoms with E-state index in [1.807, 2.05) is 0 Å². The molecule has 0 saturated carbocycles. The zero-order chi connectivity index (χ0) is 9.80. The largest absolute Gasteiger partial charge is 0.299 e. The van der Waals surface area contributed by atoms with E-state index < -0.39 is 0 Å². The van der Waals surface area contributed by atoms with Crippen molar-refractivity contribution in [3.63, 3.8) is 0 Å². The highest BCUT2D eigenvalue weighted by Crippen LogP contribution is 2.26. The Bertz CT molecular complexity index is 250. The van der Waals surface area contributed by atoms with Gasteiger partial charge in [0.15, 0.2) is 0 Å². The van der Waals surface area contributed by atoms with Crippen molar-refractivity contribution in [3.05, 3.63) is 23.3 Å². The van der Waals surface area contributed by atoms with Crippen LogP contribution < -0.4 is 0 Å². The molecule has 1 heterocycles. The van der Waals surface area contributed by atoms with Crippen molar-refractivity contribution in [2.24, 2.45) is 0 Å². The monoisotopic (exact) mass is 191 g/mol. The molecule has 0 unspecified atom stereocenters. The quantitative estimate of drug-likeness (QED) is 0.648. The van der Waals surface area contributed by atoms with Crippen molar-refractivity contribution in [3.8, 4) is 0 Å². The topological polar surface area (TPSA) is 3.24 Å². The van der Waals surface area contributed by atoms with Gasteiger partial charge in [-0.05, 0) is 49.8 Å². The second-order valence-electron chi connectivity index (χ2n) is 4.36. The van der Waals surface area contributed by atoms with Crippen molar-refractivity contribution in [2.75, 3.05) is 19.6 Å². The molecular formula is C13H21N. The normalized spacial score (nSPS) is 24.4. The molecule has 0 radical (unpaired) electrons. The summed E-state index contributed by atoms with van der Waals surface area (Å²) in [5, 5.41) is 0. The highest BCUT2D eigenvalue weighted by Gasteiger charge is 2.15. The number of hydrogen-bond acceptors (Lipinski definition) is 1. The van der Waals surface area contributed by atoms with Gasteiger partial charge in [0.05, 0.1) is 0 Å². The number of likely N-dealkylation sites (N-methyl/N-ethyl adjacent to an activating group) is 1. The van der Waals surface area contributed by atoms with Gasteiger partial charge in [-0.15, -0.1) is 0 Å². The summed E-state index contributed by atoms with van der Waals surface area (Å²) in [6.45, 7) is 5.92. The molecule has 1 heteroatoms. The minimum absolute atomic E-state index is 1.20. The van der Waals surface area contributed by atoms with Crippen LogP contribution in [-0.2, 0) is 0 Å². The summed E-state index contributed by atoms with van der Waals surface area (Å²) in [5.41, 5.74) is 3.27. The summed E-state index contributed by atoms with van der Waals surface area (Å²) >= 11 is 0. The van der Waals surface area contributed by atoms with Crippen LogP contribution >= 0.6 is 0 Å². The summed E-state index contributed by atoms with van der Waals surface area (Å²) in [5.74, 6) is 0. The molecule has 0 atom stereocenters. The number of hydrogen-bond donors (Lipinski definition) is 0. The first-order valence-electron chi connectivity index (χ1n) is 6.01. The predicted molar refractivity (Wildman–Crippen MR) is 61.4 cm³/mol. The Labute approximate surface area is 87.5 Å². The van der Waals surface area contributed by atoms with Crippen molar-refractivity contribution in [1.29, 1.82) is 0 Å². The van der Waals surface area contributed by atoms with Crippen LogP contribution in [-0.4, -0.2) is 24.5 Å². The SMILES string of the molecule is CCN1CCC=C(C2=CCCCC2)C1. The van der Waals surface area contributed by atoms with Crippen molar-refractivity contribution in [1.82, 2.24) is 4.90 Å². The number of allylic oxidation sites excluding steroid dienone is 1. The fraction of sp³-hybridized carbons (Fsp3) is 0.692. The lowest BCUT2D eigenvalue weighted by molar-refractivity contribution is 0.307. The molecule has 0 aromatic carbocycles. The van der Waals surface area contributed by atoms with Gasteiger partial charge in [0, 0.05) is 13.1 Å². The van der Waals surface area contributed by atoms with Crippen LogP contribution in [0.15, 0.2) is 23.3 Å². The Morgan fingerprint density at radius 3 is 2.71 bits per heavy atom. The molecule has 0 aromatic heterocycles. The Hall–Kier alpha value is -0.560. The third-order valence-electron chi connectivity index (χ3n) is 3.38. The standard InChI is InChI=1S/C13H21N/c1-2-14-10-6-9-13(11-14)12-7-4-3-5-8-12/h7,9H,2-6,8,10-11H2,1H3. The fourth-order valence-corrected chi connectivity index (χ4v) is 2.44. The van der Waals surface area contributed by atoms with E-state index in [1.165, 1.54) is 51.7 Å². The van der Waals surface area contributed by atoms with E-state index in [2.05, 4.69) is 24.0 Å². The molecule has 0 bridgehead atoms. The van der Waals surface area contributed by atoms with Gasteiger partial charge >= 0.3 is 0 Å². The molecule has 2 rings (SSSR count). The summed E-state index contributed by atoms with van der Waals surface area (Å²) in [6, 6.07) is 0. The summed E-state index contributed by atoms with van der Waals surface area (Å²) in [6.07, 6.45) is 11.6. The van der Waals surface area contributed by atoms with E-state index in [0.717, 1.165) is 0 Å². The van der Waals surface area contributed by atoms with E-state index in [1.54, 1.807) is 11.1 Å². The van der Waals surface area contributed by atoms with Gasteiger partial charge in [-0.3, -0.25) is 4.90 Å². The zero-order valence-corrected chi connectivity index (χ0v) is 9.26. The molecule has 1 aliphatic heterocycles. The first-order valence-corrected chi connectivity index (χ1v) is 6.01. The third-order valence-corrected chi connectivity index (χ3v) is 3.38. The number of rotatable bonds is 2. The summed E-state index contributed by atoms with van der Waals surface area (Å²) < 4.78 is 0. The van der Waals surface area contributed by atoms with Crippen molar-refractivity contribution in [2.45, 2.75) is 39.0 Å². The van der Waals surface area contributed by atoms with Gasteiger partial charge < -0.3 is 0 Å². The van der Waals surface area contributed by atoms with Gasteiger partial charge in [-0.2, -0.15) is 0 Å². The van der Waals surface area contributed by atoms with E-state index >= 15 is 0 Å². The van der Waals surface area contributed by atoms with E-state index in [4.69, 9.17) is 0 Å². The molecule has 0 amide bonds. The van der Waals surface area contributed by atoms with E-state index in [0.29, 0.717) is 0 Å². The molecule has 0 saturated heterocycles. The Morgan fingerprint density at radius 2 is 2.00 bits per heavy atom. The molecule has 14 heavy (non-hydrogen) atoms. The lowest BCUT2D eigenvalue weighted by Crippen LogP contribution is -2.30. The molecule has 78 valence electrons. The fourth-order valence-electron chi connectivity index (χ4n) is 2.44. The Balaban J connectivity index is 2.02. The van der Waals surface area contributed by atoms with Crippen LogP contribution in [0.25, 0.3) is 0 Å². The minimum atomic E-state index is 1.20. The Kier molecular flexibility index (Phi) is 3.41. The van der Waals surface area contributed by atoms with E-state index in [-0.39, 0.29) is 0 Å². The van der Waals surface area contributed by atoms with Crippen molar-refractivity contribution < 1.29 is 0 Å². The highest BCUT2D eigenvalue weighted by molar-refractivity contribution is 5.34. The molecule has 0 spiro atoms. The summed E-state index contributed by atoms with van der Waals surface area (Å²) in [4.78, 5) is 2.55. The van der Waals surface area contributed by atoms with Gasteiger partial charge in [-0.1, -0.05) is 19.1 Å². The highest BCUT2D eigenvalue weighted by atomic mass is 15.1. The predicted octanol–water partition coefficient (Wildman–Crippen LogP) is 3.14. The van der Waals surface area contributed by atoms with Gasteiger partial charge in [0.25, 0.3) is 0 Å². The molecule has 2 aliphatic rings. The second kappa shape index (κ2) is 4.79. The van der Waals surface area contributed by atoms with Crippen LogP contribution in [0.2, 0.25) is 0 Å². The molecule has 0 aromatic rings. The van der Waals surface area contributed by atoms with Gasteiger partial charge in [0.2, 0.25) is 0 Å². The lowest BCUT2D eigenvalue weighted by Gasteiger charge is -2.28. The maximum atomic E-state index is 2.55. The van der Waals surface area contributed by atoms with Gasteiger partial charge in [0.1, 0.15) is 0 Å². The van der Waals surface area contributed by atoms with Crippen LogP contribution in [0.4, 0.5) is 0 Å². The molecule has 0 fully saturated rings. The van der Waals surface area contributed by atoms with Gasteiger partial charge in [-0.25, -0.2) is 0 Å². The Morgan fingerprint density at radius 1 is 1.14 bits per heavy atom. The first-order chi connectivity index (χ1) is 6.90. The maximum Gasteiger partial charge on any atom is 0.0233 e. The minimum Gasteiger partial charge on any atom is -0.299 e. The number of nitrogens with zero attached hydrogens (tertiary/aromatic N) is 1. The zero-order valence-electron chi connectivity index (χ0n) is 9.26. The third kappa shape index (κ3) is 2.27. The average Bonchev–Trinajstić information content (AvgIpc) is 2.30.